The molecule has 0 saturated carbocycles. The normalized spacial score (nSPS) is 18.1. The number of aryl methyl sites for hydroxylation is 3. The van der Waals surface area contributed by atoms with Crippen molar-refractivity contribution in [1.82, 2.24) is 19.7 Å². The topological polar surface area (TPSA) is 97.0 Å². The lowest BCUT2D eigenvalue weighted by atomic mass is 9.98. The molecule has 1 aliphatic heterocycles. The molecule has 1 amide bonds. The standard InChI is InChI=1S/C18H27N5O2/c1-11-14(12(2)20-17-16(11)18(25)21-22(17)3)7-8-15(24)23-9-5-4-6-13(23)10-19/h13H,4-10,19H2,1-3H3,(H,21,25). The van der Waals surface area contributed by atoms with Crippen LogP contribution in [0, 0.1) is 13.8 Å². The van der Waals surface area contributed by atoms with Crippen molar-refractivity contribution in [2.24, 2.45) is 12.8 Å². The Kier molecular flexibility index (Phi) is 4.94. The number of nitrogens with one attached hydrogen (secondary N) is 1. The molecule has 136 valence electrons. The average molecular weight is 345 g/mol. The molecule has 1 saturated heterocycles. The van der Waals surface area contributed by atoms with Crippen LogP contribution in [0.4, 0.5) is 0 Å². The van der Waals surface area contributed by atoms with Gasteiger partial charge in [0.15, 0.2) is 5.65 Å². The van der Waals surface area contributed by atoms with Crippen LogP contribution in [-0.4, -0.2) is 44.7 Å². The fourth-order valence-corrected chi connectivity index (χ4v) is 3.97. The van der Waals surface area contributed by atoms with Crippen molar-refractivity contribution in [3.05, 3.63) is 27.2 Å². The first-order valence-corrected chi connectivity index (χ1v) is 8.98. The number of fused-ring (bicyclic) bond motifs is 1. The Bertz CT molecular complexity index is 851. The van der Waals surface area contributed by atoms with E-state index in [-0.39, 0.29) is 17.5 Å². The lowest BCUT2D eigenvalue weighted by Crippen LogP contribution is -2.47. The molecule has 1 unspecified atom stereocenters. The summed E-state index contributed by atoms with van der Waals surface area (Å²) in [6, 6.07) is 0.168. The van der Waals surface area contributed by atoms with Crippen LogP contribution in [0.15, 0.2) is 4.79 Å². The van der Waals surface area contributed by atoms with Gasteiger partial charge in [-0.2, -0.15) is 0 Å². The molecular weight excluding hydrogens is 318 g/mol. The first-order valence-electron chi connectivity index (χ1n) is 8.98. The van der Waals surface area contributed by atoms with E-state index in [0.717, 1.165) is 42.6 Å². The monoisotopic (exact) mass is 345 g/mol. The maximum absolute atomic E-state index is 12.7. The van der Waals surface area contributed by atoms with E-state index in [1.807, 2.05) is 18.7 Å². The Morgan fingerprint density at radius 2 is 2.12 bits per heavy atom. The van der Waals surface area contributed by atoms with Crippen LogP contribution in [-0.2, 0) is 18.3 Å². The summed E-state index contributed by atoms with van der Waals surface area (Å²) in [6.07, 6.45) is 4.21. The van der Waals surface area contributed by atoms with E-state index < -0.39 is 0 Å². The molecule has 7 heteroatoms. The van der Waals surface area contributed by atoms with E-state index in [1.54, 1.807) is 11.7 Å². The summed E-state index contributed by atoms with van der Waals surface area (Å²) in [5, 5.41) is 3.37. The fraction of sp³-hybridized carbons (Fsp3) is 0.611. The summed E-state index contributed by atoms with van der Waals surface area (Å²) in [5.74, 6) is 0.149. The van der Waals surface area contributed by atoms with Gasteiger partial charge in [0, 0.05) is 38.3 Å². The zero-order chi connectivity index (χ0) is 18.1. The highest BCUT2D eigenvalue weighted by Crippen LogP contribution is 2.22. The van der Waals surface area contributed by atoms with Gasteiger partial charge in [0.2, 0.25) is 5.91 Å². The number of aromatic amines is 1. The summed E-state index contributed by atoms with van der Waals surface area (Å²) in [6.45, 7) is 5.20. The predicted molar refractivity (Wildman–Crippen MR) is 97.5 cm³/mol. The van der Waals surface area contributed by atoms with Crippen molar-refractivity contribution in [2.45, 2.75) is 52.0 Å². The number of carbonyl (C=O) groups is 1. The first-order chi connectivity index (χ1) is 11.9. The third-order valence-corrected chi connectivity index (χ3v) is 5.38. The largest absolute Gasteiger partial charge is 0.338 e. The fourth-order valence-electron chi connectivity index (χ4n) is 3.97. The number of rotatable bonds is 4. The van der Waals surface area contributed by atoms with Gasteiger partial charge in [-0.05, 0) is 50.7 Å². The molecule has 0 aliphatic carbocycles. The number of hydrogen-bond donors (Lipinski definition) is 2. The number of H-pyrrole nitrogens is 1. The summed E-state index contributed by atoms with van der Waals surface area (Å²) in [7, 11) is 1.78. The molecular formula is C18H27N5O2. The molecule has 1 aliphatic rings. The minimum absolute atomic E-state index is 0.130. The lowest BCUT2D eigenvalue weighted by molar-refractivity contribution is -0.134. The molecule has 0 radical (unpaired) electrons. The molecule has 3 rings (SSSR count). The zero-order valence-corrected chi connectivity index (χ0v) is 15.3. The van der Waals surface area contributed by atoms with Crippen LogP contribution in [0.2, 0.25) is 0 Å². The van der Waals surface area contributed by atoms with Crippen LogP contribution >= 0.6 is 0 Å². The number of pyridine rings is 1. The van der Waals surface area contributed by atoms with Crippen LogP contribution in [0.5, 0.6) is 0 Å². The number of amides is 1. The molecule has 7 nitrogen and oxygen atoms in total. The van der Waals surface area contributed by atoms with E-state index in [9.17, 15) is 9.59 Å². The molecule has 3 N–H and O–H groups in total. The highest BCUT2D eigenvalue weighted by Gasteiger charge is 2.25. The van der Waals surface area contributed by atoms with Crippen LogP contribution in [0.1, 0.15) is 42.5 Å². The van der Waals surface area contributed by atoms with E-state index in [2.05, 4.69) is 10.1 Å². The first kappa shape index (κ1) is 17.7. The number of nitrogens with zero attached hydrogens (tertiary/aromatic N) is 3. The Labute approximate surface area is 147 Å². The van der Waals surface area contributed by atoms with E-state index in [1.165, 1.54) is 0 Å². The second-order valence-electron chi connectivity index (χ2n) is 6.97. The number of hydrogen-bond acceptors (Lipinski definition) is 4. The van der Waals surface area contributed by atoms with Crippen molar-refractivity contribution < 1.29 is 4.79 Å². The van der Waals surface area contributed by atoms with Gasteiger partial charge >= 0.3 is 0 Å². The lowest BCUT2D eigenvalue weighted by Gasteiger charge is -2.35. The van der Waals surface area contributed by atoms with Gasteiger partial charge in [-0.25, -0.2) is 4.98 Å². The Morgan fingerprint density at radius 3 is 2.84 bits per heavy atom. The third kappa shape index (κ3) is 3.20. The molecule has 2 aromatic heterocycles. The van der Waals surface area contributed by atoms with Gasteiger partial charge in [0.1, 0.15) is 0 Å². The van der Waals surface area contributed by atoms with Crippen LogP contribution in [0.25, 0.3) is 11.0 Å². The van der Waals surface area contributed by atoms with Crippen LogP contribution in [0.3, 0.4) is 0 Å². The maximum atomic E-state index is 12.7. The van der Waals surface area contributed by atoms with Crippen LogP contribution < -0.4 is 11.3 Å². The van der Waals surface area contributed by atoms with Crippen molar-refractivity contribution in [2.75, 3.05) is 13.1 Å². The molecule has 0 spiro atoms. The molecule has 2 aromatic rings. The summed E-state index contributed by atoms with van der Waals surface area (Å²) in [4.78, 5) is 31.3. The smallest absolute Gasteiger partial charge is 0.273 e. The Morgan fingerprint density at radius 1 is 1.36 bits per heavy atom. The number of nitrogens with two attached hydrogens (primary N) is 1. The number of carbonyl (C=O) groups excluding carboxylic acids is 1. The Balaban J connectivity index is 1.82. The van der Waals surface area contributed by atoms with Gasteiger partial charge in [0.25, 0.3) is 5.56 Å². The predicted octanol–water partition coefficient (Wildman–Crippen LogP) is 1.15. The number of piperidine rings is 1. The minimum Gasteiger partial charge on any atom is -0.338 e. The van der Waals surface area contributed by atoms with E-state index in [0.29, 0.717) is 30.4 Å². The van der Waals surface area contributed by atoms with Gasteiger partial charge in [0.05, 0.1) is 5.39 Å². The average Bonchev–Trinajstić information content (AvgIpc) is 2.88. The van der Waals surface area contributed by atoms with Gasteiger partial charge < -0.3 is 10.6 Å². The molecule has 0 bridgehead atoms. The second kappa shape index (κ2) is 7.00. The summed E-state index contributed by atoms with van der Waals surface area (Å²) >= 11 is 0. The minimum atomic E-state index is -0.130. The second-order valence-corrected chi connectivity index (χ2v) is 6.97. The SMILES string of the molecule is Cc1nc2c(c(C)c1CCC(=O)N1CCCCC1CN)c(=O)[nH]n2C. The summed E-state index contributed by atoms with van der Waals surface area (Å²) < 4.78 is 1.65. The highest BCUT2D eigenvalue weighted by atomic mass is 16.2. The Hall–Kier alpha value is -2.15. The van der Waals surface area contributed by atoms with Gasteiger partial charge in [-0.15, -0.1) is 0 Å². The van der Waals surface area contributed by atoms with Gasteiger partial charge in [-0.1, -0.05) is 0 Å². The van der Waals surface area contributed by atoms with Crippen molar-refractivity contribution in [3.63, 3.8) is 0 Å². The quantitative estimate of drug-likeness (QED) is 0.869. The van der Waals surface area contributed by atoms with E-state index in [4.69, 9.17) is 5.73 Å². The van der Waals surface area contributed by atoms with Crippen molar-refractivity contribution >= 4 is 16.9 Å². The third-order valence-electron chi connectivity index (χ3n) is 5.38. The summed E-state index contributed by atoms with van der Waals surface area (Å²) in [5.41, 5.74) is 9.15. The number of likely N-dealkylation sites (tertiary alicyclic amines) is 1. The molecule has 3 heterocycles. The zero-order valence-electron chi connectivity index (χ0n) is 15.3. The van der Waals surface area contributed by atoms with E-state index >= 15 is 0 Å². The molecule has 25 heavy (non-hydrogen) atoms. The highest BCUT2D eigenvalue weighted by molar-refractivity contribution is 5.81. The maximum Gasteiger partial charge on any atom is 0.273 e. The molecule has 1 fully saturated rings. The number of aromatic nitrogens is 3. The van der Waals surface area contributed by atoms with Crippen molar-refractivity contribution in [3.8, 4) is 0 Å². The molecule has 0 aromatic carbocycles. The van der Waals surface area contributed by atoms with Crippen molar-refractivity contribution in [1.29, 1.82) is 0 Å². The van der Waals surface area contributed by atoms with Gasteiger partial charge in [-0.3, -0.25) is 19.4 Å². The molecule has 1 atom stereocenters.